The molecule has 0 bridgehead atoms. The molecule has 0 saturated carbocycles. The number of nitrogens with one attached hydrogen (secondary N) is 2. The third-order valence-corrected chi connectivity index (χ3v) is 5.82. The molecule has 2 saturated heterocycles. The van der Waals surface area contributed by atoms with Crippen LogP contribution in [0.4, 0.5) is 0 Å². The molecule has 6 nitrogen and oxygen atoms in total. The van der Waals surface area contributed by atoms with E-state index in [4.69, 9.17) is 0 Å². The molecule has 2 aliphatic heterocycles. The molecule has 2 fully saturated rings. The van der Waals surface area contributed by atoms with Crippen LogP contribution in [-0.2, 0) is 10.0 Å². The lowest BCUT2D eigenvalue weighted by molar-refractivity contribution is 0.359. The van der Waals surface area contributed by atoms with Gasteiger partial charge in [0.15, 0.2) is 5.03 Å². The van der Waals surface area contributed by atoms with Crippen molar-refractivity contribution in [3.63, 3.8) is 0 Å². The van der Waals surface area contributed by atoms with E-state index in [1.807, 2.05) is 6.92 Å². The van der Waals surface area contributed by atoms with Crippen molar-refractivity contribution < 1.29 is 8.42 Å². The minimum Gasteiger partial charge on any atom is -0.335 e. The first-order valence-corrected chi connectivity index (χ1v) is 7.25. The van der Waals surface area contributed by atoms with Crippen molar-refractivity contribution >= 4 is 10.0 Å². The third kappa shape index (κ3) is 1.61. The molecule has 0 radical (unpaired) electrons. The van der Waals surface area contributed by atoms with Crippen LogP contribution < -0.4 is 5.32 Å². The van der Waals surface area contributed by atoms with Gasteiger partial charge in [-0.3, -0.25) is 0 Å². The Hall–Kier alpha value is -0.920. The fourth-order valence-electron chi connectivity index (χ4n) is 2.96. The van der Waals surface area contributed by atoms with Crippen molar-refractivity contribution in [1.82, 2.24) is 19.6 Å². The maximum Gasteiger partial charge on any atom is 0.260 e. The molecule has 94 valence electrons. The summed E-state index contributed by atoms with van der Waals surface area (Å²) in [4.78, 5) is 6.47. The Labute approximate surface area is 100 Å². The van der Waals surface area contributed by atoms with E-state index in [2.05, 4.69) is 15.3 Å². The van der Waals surface area contributed by atoms with Crippen LogP contribution in [0.1, 0.15) is 6.92 Å². The van der Waals surface area contributed by atoms with E-state index < -0.39 is 10.0 Å². The maximum absolute atomic E-state index is 12.4. The van der Waals surface area contributed by atoms with Gasteiger partial charge in [-0.25, -0.2) is 13.4 Å². The predicted octanol–water partition coefficient (Wildman–Crippen LogP) is -0.362. The molecule has 0 aromatic carbocycles. The van der Waals surface area contributed by atoms with Crippen LogP contribution in [0.15, 0.2) is 17.6 Å². The van der Waals surface area contributed by atoms with E-state index in [9.17, 15) is 8.42 Å². The zero-order valence-electron chi connectivity index (χ0n) is 9.63. The molecule has 2 N–H and O–H groups in total. The monoisotopic (exact) mass is 256 g/mol. The van der Waals surface area contributed by atoms with Crippen molar-refractivity contribution in [2.24, 2.45) is 11.8 Å². The Morgan fingerprint density at radius 1 is 1.47 bits per heavy atom. The number of nitrogens with zero attached hydrogens (tertiary/aromatic N) is 2. The predicted molar refractivity (Wildman–Crippen MR) is 61.8 cm³/mol. The molecule has 7 heteroatoms. The highest BCUT2D eigenvalue weighted by Crippen LogP contribution is 2.35. The number of rotatable bonds is 2. The first-order chi connectivity index (χ1) is 8.10. The number of fused-ring (bicyclic) bond motifs is 1. The Bertz CT molecular complexity index is 498. The van der Waals surface area contributed by atoms with Gasteiger partial charge < -0.3 is 10.3 Å². The Kier molecular flexibility index (Phi) is 2.49. The van der Waals surface area contributed by atoms with Crippen molar-refractivity contribution in [2.45, 2.75) is 18.0 Å². The van der Waals surface area contributed by atoms with Crippen LogP contribution in [0.5, 0.6) is 0 Å². The lowest BCUT2D eigenvalue weighted by atomic mass is 9.95. The molecule has 3 atom stereocenters. The molecular formula is C10H16N4O2S. The van der Waals surface area contributed by atoms with Gasteiger partial charge in [-0.15, -0.1) is 0 Å². The number of aromatic amines is 1. The van der Waals surface area contributed by atoms with Crippen molar-refractivity contribution in [3.05, 3.63) is 12.5 Å². The number of sulfonamides is 1. The minimum atomic E-state index is -3.40. The smallest absolute Gasteiger partial charge is 0.260 e. The van der Waals surface area contributed by atoms with Gasteiger partial charge in [0.25, 0.3) is 10.0 Å². The van der Waals surface area contributed by atoms with Crippen LogP contribution in [0.2, 0.25) is 0 Å². The second-order valence-corrected chi connectivity index (χ2v) is 6.67. The third-order valence-electron chi connectivity index (χ3n) is 3.94. The summed E-state index contributed by atoms with van der Waals surface area (Å²) >= 11 is 0. The molecule has 0 aliphatic carbocycles. The van der Waals surface area contributed by atoms with Crippen molar-refractivity contribution in [2.75, 3.05) is 19.6 Å². The van der Waals surface area contributed by atoms with Crippen molar-refractivity contribution in [1.29, 1.82) is 0 Å². The van der Waals surface area contributed by atoms with E-state index in [1.54, 1.807) is 4.31 Å². The van der Waals surface area contributed by atoms with Crippen LogP contribution in [-0.4, -0.2) is 48.4 Å². The molecule has 3 unspecified atom stereocenters. The van der Waals surface area contributed by atoms with Crippen LogP contribution in [0.3, 0.4) is 0 Å². The van der Waals surface area contributed by atoms with E-state index in [0.717, 1.165) is 13.1 Å². The van der Waals surface area contributed by atoms with E-state index >= 15 is 0 Å². The first kappa shape index (κ1) is 11.2. The molecule has 3 heterocycles. The highest BCUT2D eigenvalue weighted by molar-refractivity contribution is 7.89. The van der Waals surface area contributed by atoms with Gasteiger partial charge in [0.2, 0.25) is 0 Å². The summed E-state index contributed by atoms with van der Waals surface area (Å²) in [6.45, 7) is 4.44. The standard InChI is InChI=1S/C10H16N4O2S/c1-7-9-3-11-2-8(9)5-14(7)17(15,16)10-4-12-6-13-10/h4,6-9,11H,2-3,5H2,1H3,(H,12,13). The van der Waals surface area contributed by atoms with Gasteiger partial charge >= 0.3 is 0 Å². The maximum atomic E-state index is 12.4. The van der Waals surface area contributed by atoms with Crippen molar-refractivity contribution in [3.8, 4) is 0 Å². The summed E-state index contributed by atoms with van der Waals surface area (Å²) in [5.74, 6) is 0.885. The van der Waals surface area contributed by atoms with Gasteiger partial charge in [0.1, 0.15) is 0 Å². The largest absolute Gasteiger partial charge is 0.335 e. The molecule has 3 rings (SSSR count). The molecule has 1 aromatic heterocycles. The van der Waals surface area contributed by atoms with E-state index in [0.29, 0.717) is 18.4 Å². The van der Waals surface area contributed by atoms with Crippen LogP contribution in [0, 0.1) is 11.8 Å². The fourth-order valence-corrected chi connectivity index (χ4v) is 4.59. The number of aromatic nitrogens is 2. The summed E-state index contributed by atoms with van der Waals surface area (Å²) in [5.41, 5.74) is 0. The average Bonchev–Trinajstić information content (AvgIpc) is 2.96. The summed E-state index contributed by atoms with van der Waals surface area (Å²) < 4.78 is 26.4. The Balaban J connectivity index is 1.91. The minimum absolute atomic E-state index is 0.0586. The first-order valence-electron chi connectivity index (χ1n) is 5.81. The molecule has 0 amide bonds. The second-order valence-electron chi connectivity index (χ2n) is 4.81. The zero-order chi connectivity index (χ0) is 12.0. The highest BCUT2D eigenvalue weighted by Gasteiger charge is 2.47. The lowest BCUT2D eigenvalue weighted by Crippen LogP contribution is -2.38. The molecule has 1 aromatic rings. The molecular weight excluding hydrogens is 240 g/mol. The molecule has 2 aliphatic rings. The SMILES string of the molecule is CC1C2CNCC2CN1S(=O)(=O)c1cnc[nH]1. The number of imidazole rings is 1. The van der Waals surface area contributed by atoms with Gasteiger partial charge in [-0.1, -0.05) is 0 Å². The average molecular weight is 256 g/mol. The van der Waals surface area contributed by atoms with Gasteiger partial charge in [-0.05, 0) is 31.8 Å². The quantitative estimate of drug-likeness (QED) is 0.757. The normalized spacial score (nSPS) is 34.1. The number of hydrogen-bond donors (Lipinski definition) is 2. The molecule has 17 heavy (non-hydrogen) atoms. The summed E-state index contributed by atoms with van der Waals surface area (Å²) in [6, 6.07) is 0.0586. The summed E-state index contributed by atoms with van der Waals surface area (Å²) in [6.07, 6.45) is 2.77. The molecule has 0 spiro atoms. The topological polar surface area (TPSA) is 78.1 Å². The van der Waals surface area contributed by atoms with Gasteiger partial charge in [-0.2, -0.15) is 4.31 Å². The van der Waals surface area contributed by atoms with E-state index in [-0.39, 0.29) is 11.1 Å². The zero-order valence-corrected chi connectivity index (χ0v) is 10.4. The van der Waals surface area contributed by atoms with Crippen LogP contribution >= 0.6 is 0 Å². The summed E-state index contributed by atoms with van der Waals surface area (Å²) in [5, 5.41) is 3.51. The summed E-state index contributed by atoms with van der Waals surface area (Å²) in [7, 11) is -3.40. The Morgan fingerprint density at radius 3 is 2.94 bits per heavy atom. The van der Waals surface area contributed by atoms with Gasteiger partial charge in [0.05, 0.1) is 12.5 Å². The fraction of sp³-hybridized carbons (Fsp3) is 0.700. The second kappa shape index (κ2) is 3.79. The number of H-pyrrole nitrogens is 1. The lowest BCUT2D eigenvalue weighted by Gasteiger charge is -2.22. The van der Waals surface area contributed by atoms with Crippen LogP contribution in [0.25, 0.3) is 0 Å². The van der Waals surface area contributed by atoms with Gasteiger partial charge in [0, 0.05) is 12.6 Å². The number of hydrogen-bond acceptors (Lipinski definition) is 4. The highest BCUT2D eigenvalue weighted by atomic mass is 32.2. The Morgan fingerprint density at radius 2 is 2.29 bits per heavy atom. The van der Waals surface area contributed by atoms with E-state index in [1.165, 1.54) is 12.5 Å².